The summed E-state index contributed by atoms with van der Waals surface area (Å²) in [4.78, 5) is 31.5. The number of aromatic amines is 1. The predicted molar refractivity (Wildman–Crippen MR) is 107 cm³/mol. The zero-order valence-corrected chi connectivity index (χ0v) is 15.6. The number of rotatable bonds is 6. The highest BCUT2D eigenvalue weighted by Crippen LogP contribution is 2.25. The summed E-state index contributed by atoms with van der Waals surface area (Å²) in [5.74, 6) is -0.130. The summed E-state index contributed by atoms with van der Waals surface area (Å²) in [5.41, 5.74) is 1.34. The highest BCUT2D eigenvalue weighted by Gasteiger charge is 2.17. The van der Waals surface area contributed by atoms with Gasteiger partial charge >= 0.3 is 0 Å². The first-order valence-corrected chi connectivity index (χ1v) is 9.50. The fourth-order valence-electron chi connectivity index (χ4n) is 2.71. The van der Waals surface area contributed by atoms with Gasteiger partial charge in [0.15, 0.2) is 5.16 Å². The highest BCUT2D eigenvalue weighted by molar-refractivity contribution is 8.00. The molecule has 0 bridgehead atoms. The number of thioether (sulfide) groups is 1. The molecule has 3 rings (SSSR count). The molecule has 6 heteroatoms. The van der Waals surface area contributed by atoms with Crippen molar-refractivity contribution in [1.82, 2.24) is 9.97 Å². The lowest BCUT2D eigenvalue weighted by molar-refractivity contribution is -0.115. The van der Waals surface area contributed by atoms with E-state index in [2.05, 4.69) is 15.3 Å². The standard InChI is InChI=1S/C20H21N3O2S/c1-3-7-15-12-18(24)23-20(21-15)26-13(2)19(25)22-17-11-6-9-14-8-4-5-10-16(14)17/h4-6,8-13H,3,7H2,1-2H3,(H,22,25)(H,21,23,24)/t13-/m1/s1. The van der Waals surface area contributed by atoms with Gasteiger partial charge in [0, 0.05) is 22.8 Å². The van der Waals surface area contributed by atoms with E-state index < -0.39 is 5.25 Å². The van der Waals surface area contributed by atoms with E-state index in [4.69, 9.17) is 0 Å². The average Bonchev–Trinajstić information content (AvgIpc) is 2.61. The van der Waals surface area contributed by atoms with Crippen molar-refractivity contribution in [1.29, 1.82) is 0 Å². The van der Waals surface area contributed by atoms with Crippen LogP contribution in [0, 0.1) is 0 Å². The fraction of sp³-hybridized carbons (Fsp3) is 0.250. The lowest BCUT2D eigenvalue weighted by Gasteiger charge is -2.13. The van der Waals surface area contributed by atoms with Gasteiger partial charge in [0.2, 0.25) is 5.91 Å². The predicted octanol–water partition coefficient (Wildman–Crippen LogP) is 3.99. The molecule has 26 heavy (non-hydrogen) atoms. The number of aryl methyl sites for hydroxylation is 1. The molecule has 2 N–H and O–H groups in total. The summed E-state index contributed by atoms with van der Waals surface area (Å²) < 4.78 is 0. The molecule has 3 aromatic rings. The molecular formula is C20H21N3O2S. The Kier molecular flexibility index (Phi) is 5.73. The summed E-state index contributed by atoms with van der Waals surface area (Å²) in [6.07, 6.45) is 1.66. The van der Waals surface area contributed by atoms with Crippen molar-refractivity contribution >= 4 is 34.1 Å². The molecule has 1 amide bonds. The highest BCUT2D eigenvalue weighted by atomic mass is 32.2. The van der Waals surface area contributed by atoms with Gasteiger partial charge in [0.05, 0.1) is 5.25 Å². The molecule has 0 unspecified atom stereocenters. The molecule has 0 spiro atoms. The Morgan fingerprint density at radius 2 is 2.00 bits per heavy atom. The minimum Gasteiger partial charge on any atom is -0.325 e. The summed E-state index contributed by atoms with van der Waals surface area (Å²) in [6, 6.07) is 15.2. The van der Waals surface area contributed by atoms with E-state index in [1.54, 1.807) is 6.92 Å². The molecule has 1 atom stereocenters. The Hall–Kier alpha value is -2.60. The summed E-state index contributed by atoms with van der Waals surface area (Å²) in [6.45, 7) is 3.84. The van der Waals surface area contributed by atoms with E-state index in [1.165, 1.54) is 17.8 Å². The maximum atomic E-state index is 12.6. The van der Waals surface area contributed by atoms with Crippen LogP contribution in [0.4, 0.5) is 5.69 Å². The lowest BCUT2D eigenvalue weighted by atomic mass is 10.1. The molecule has 0 aliphatic rings. The third-order valence-corrected chi connectivity index (χ3v) is 4.97. The molecule has 0 aliphatic carbocycles. The number of hydrogen-bond donors (Lipinski definition) is 2. The van der Waals surface area contributed by atoms with Crippen LogP contribution in [0.25, 0.3) is 10.8 Å². The largest absolute Gasteiger partial charge is 0.325 e. The Labute approximate surface area is 156 Å². The van der Waals surface area contributed by atoms with Crippen LogP contribution in [0.1, 0.15) is 26.0 Å². The topological polar surface area (TPSA) is 74.8 Å². The Balaban J connectivity index is 1.75. The smallest absolute Gasteiger partial charge is 0.251 e. The Bertz CT molecular complexity index is 979. The van der Waals surface area contributed by atoms with Gasteiger partial charge in [-0.15, -0.1) is 0 Å². The van der Waals surface area contributed by atoms with E-state index in [-0.39, 0.29) is 11.5 Å². The van der Waals surface area contributed by atoms with Crippen molar-refractivity contribution in [3.8, 4) is 0 Å². The minimum absolute atomic E-state index is 0.130. The van der Waals surface area contributed by atoms with E-state index in [1.807, 2.05) is 49.4 Å². The van der Waals surface area contributed by atoms with Gasteiger partial charge < -0.3 is 10.3 Å². The van der Waals surface area contributed by atoms with E-state index >= 15 is 0 Å². The summed E-state index contributed by atoms with van der Waals surface area (Å²) in [5, 5.41) is 5.13. The monoisotopic (exact) mass is 367 g/mol. The normalized spacial score (nSPS) is 12.1. The van der Waals surface area contributed by atoms with Gasteiger partial charge in [0.25, 0.3) is 5.56 Å². The molecule has 0 fully saturated rings. The van der Waals surface area contributed by atoms with E-state index in [9.17, 15) is 9.59 Å². The quantitative estimate of drug-likeness (QED) is 0.510. The van der Waals surface area contributed by atoms with Crippen molar-refractivity contribution in [2.45, 2.75) is 37.1 Å². The number of anilines is 1. The first-order chi connectivity index (χ1) is 12.6. The maximum absolute atomic E-state index is 12.6. The van der Waals surface area contributed by atoms with Crippen molar-refractivity contribution in [3.05, 3.63) is 64.6 Å². The number of fused-ring (bicyclic) bond motifs is 1. The molecule has 0 radical (unpaired) electrons. The van der Waals surface area contributed by atoms with Gasteiger partial charge in [-0.05, 0) is 24.8 Å². The number of H-pyrrole nitrogens is 1. The van der Waals surface area contributed by atoms with E-state index in [0.717, 1.165) is 35.0 Å². The first kappa shape index (κ1) is 18.2. The molecule has 2 aromatic carbocycles. The van der Waals surface area contributed by atoms with Gasteiger partial charge in [-0.1, -0.05) is 61.5 Å². The van der Waals surface area contributed by atoms with Crippen molar-refractivity contribution in [2.24, 2.45) is 0 Å². The summed E-state index contributed by atoms with van der Waals surface area (Å²) >= 11 is 1.25. The Morgan fingerprint density at radius 1 is 1.23 bits per heavy atom. The molecule has 0 aliphatic heterocycles. The van der Waals surface area contributed by atoms with Gasteiger partial charge in [0.1, 0.15) is 0 Å². The van der Waals surface area contributed by atoms with Crippen molar-refractivity contribution < 1.29 is 4.79 Å². The second kappa shape index (κ2) is 8.19. The second-order valence-electron chi connectivity index (χ2n) is 6.07. The molecule has 1 heterocycles. The average molecular weight is 367 g/mol. The van der Waals surface area contributed by atoms with Crippen LogP contribution in [-0.4, -0.2) is 21.1 Å². The number of benzene rings is 2. The van der Waals surface area contributed by atoms with Crippen LogP contribution < -0.4 is 10.9 Å². The lowest BCUT2D eigenvalue weighted by Crippen LogP contribution is -2.23. The molecule has 134 valence electrons. The molecule has 0 saturated carbocycles. The SMILES string of the molecule is CCCc1cc(=O)[nH]c(S[C@H](C)C(=O)Nc2cccc3ccccc23)n1. The van der Waals surface area contributed by atoms with Crippen LogP contribution in [-0.2, 0) is 11.2 Å². The molecule has 5 nitrogen and oxygen atoms in total. The Morgan fingerprint density at radius 3 is 2.81 bits per heavy atom. The number of carbonyl (C=O) groups excluding carboxylic acids is 1. The van der Waals surface area contributed by atoms with Crippen LogP contribution in [0.3, 0.4) is 0 Å². The van der Waals surface area contributed by atoms with Crippen LogP contribution in [0.2, 0.25) is 0 Å². The van der Waals surface area contributed by atoms with Gasteiger partial charge in [-0.25, -0.2) is 4.98 Å². The summed E-state index contributed by atoms with van der Waals surface area (Å²) in [7, 11) is 0. The van der Waals surface area contributed by atoms with Crippen LogP contribution >= 0.6 is 11.8 Å². The molecule has 1 aromatic heterocycles. The minimum atomic E-state index is -0.394. The van der Waals surface area contributed by atoms with Crippen LogP contribution in [0.5, 0.6) is 0 Å². The maximum Gasteiger partial charge on any atom is 0.251 e. The zero-order valence-electron chi connectivity index (χ0n) is 14.8. The molecular weight excluding hydrogens is 346 g/mol. The number of nitrogens with zero attached hydrogens (tertiary/aromatic N) is 1. The zero-order chi connectivity index (χ0) is 18.5. The van der Waals surface area contributed by atoms with Gasteiger partial charge in [-0.3, -0.25) is 9.59 Å². The van der Waals surface area contributed by atoms with Gasteiger partial charge in [-0.2, -0.15) is 0 Å². The number of nitrogens with one attached hydrogen (secondary N) is 2. The van der Waals surface area contributed by atoms with Crippen molar-refractivity contribution in [3.63, 3.8) is 0 Å². The fourth-order valence-corrected chi connectivity index (χ4v) is 3.54. The third kappa shape index (κ3) is 4.32. The van der Waals surface area contributed by atoms with Crippen molar-refractivity contribution in [2.75, 3.05) is 5.32 Å². The number of aromatic nitrogens is 2. The number of carbonyl (C=O) groups is 1. The number of amides is 1. The second-order valence-corrected chi connectivity index (χ2v) is 7.40. The molecule has 0 saturated heterocycles. The van der Waals surface area contributed by atoms with Crippen LogP contribution in [0.15, 0.2) is 58.5 Å². The first-order valence-electron chi connectivity index (χ1n) is 8.62. The van der Waals surface area contributed by atoms with E-state index in [0.29, 0.717) is 5.16 Å². The number of hydrogen-bond acceptors (Lipinski definition) is 4. The third-order valence-electron chi connectivity index (χ3n) is 3.98.